The molecule has 3 aromatic carbocycles. The van der Waals surface area contributed by atoms with Gasteiger partial charge < -0.3 is 0 Å². The molecule has 0 N–H and O–H groups in total. The molecule has 0 saturated heterocycles. The van der Waals surface area contributed by atoms with Crippen molar-refractivity contribution in [1.82, 2.24) is 0 Å². The van der Waals surface area contributed by atoms with E-state index in [1.807, 2.05) is 85.0 Å². The van der Waals surface area contributed by atoms with E-state index in [4.69, 9.17) is 0 Å². The van der Waals surface area contributed by atoms with Crippen LogP contribution in [0.2, 0.25) is 0 Å². The molecule has 184 valence electrons. The van der Waals surface area contributed by atoms with E-state index in [1.165, 1.54) is 12.1 Å². The number of sulfone groups is 2. The Labute approximate surface area is 216 Å². The van der Waals surface area contributed by atoms with Crippen molar-refractivity contribution in [2.75, 3.05) is 0 Å². The van der Waals surface area contributed by atoms with Crippen LogP contribution in [0, 0.1) is 23.7 Å². The molecule has 1 aliphatic heterocycles. The Morgan fingerprint density at radius 1 is 0.568 bits per heavy atom. The van der Waals surface area contributed by atoms with Crippen LogP contribution >= 0.6 is 0 Å². The van der Waals surface area contributed by atoms with Gasteiger partial charge in [0, 0.05) is 11.8 Å². The van der Waals surface area contributed by atoms with Gasteiger partial charge in [-0.25, -0.2) is 16.8 Å². The van der Waals surface area contributed by atoms with Crippen LogP contribution < -0.4 is 0 Å². The number of hydrogen-bond acceptors (Lipinski definition) is 4. The maximum atomic E-state index is 14.8. The van der Waals surface area contributed by atoms with Gasteiger partial charge in [-0.15, -0.1) is 0 Å². The van der Waals surface area contributed by atoms with Crippen molar-refractivity contribution < 1.29 is 16.8 Å². The molecule has 2 saturated carbocycles. The molecule has 4 nitrogen and oxygen atoms in total. The average molecular weight is 525 g/mol. The molecule has 6 atom stereocenters. The molecule has 8 rings (SSSR count). The summed E-state index contributed by atoms with van der Waals surface area (Å²) in [7, 11) is -8.01. The highest BCUT2D eigenvalue weighted by atomic mass is 32.2. The van der Waals surface area contributed by atoms with Gasteiger partial charge in [-0.3, -0.25) is 0 Å². The lowest BCUT2D eigenvalue weighted by atomic mass is 9.74. The van der Waals surface area contributed by atoms with Crippen LogP contribution in [0.1, 0.15) is 17.5 Å². The fourth-order valence-electron chi connectivity index (χ4n) is 8.66. The van der Waals surface area contributed by atoms with Gasteiger partial charge in [0.05, 0.1) is 9.79 Å². The van der Waals surface area contributed by atoms with Crippen molar-refractivity contribution in [2.24, 2.45) is 23.7 Å². The maximum absolute atomic E-state index is 14.8. The van der Waals surface area contributed by atoms with E-state index >= 15 is 0 Å². The van der Waals surface area contributed by atoms with Crippen LogP contribution in [0.5, 0.6) is 0 Å². The summed E-state index contributed by atoms with van der Waals surface area (Å²) in [6.07, 6.45) is 8.53. The van der Waals surface area contributed by atoms with Crippen LogP contribution in [-0.2, 0) is 19.7 Å². The van der Waals surface area contributed by atoms with E-state index in [0.29, 0.717) is 6.42 Å². The van der Waals surface area contributed by atoms with Gasteiger partial charge in [-0.1, -0.05) is 97.1 Å². The number of hydrogen-bond donors (Lipinski definition) is 0. The molecule has 2 fully saturated rings. The highest BCUT2D eigenvalue weighted by Gasteiger charge is 2.88. The lowest BCUT2D eigenvalue weighted by Gasteiger charge is -2.53. The van der Waals surface area contributed by atoms with Crippen LogP contribution in [-0.4, -0.2) is 26.3 Å². The second kappa shape index (κ2) is 6.80. The molecule has 4 aliphatic carbocycles. The summed E-state index contributed by atoms with van der Waals surface area (Å²) in [4.78, 5) is -0.0688. The summed E-state index contributed by atoms with van der Waals surface area (Å²) in [6, 6.07) is 26.2. The standard InChI is InChI=1S/C31H24O4S2/c32-36(33)26-13-7-8-14-27(26)37(34,35)31-23-16-15-22(19-23)30(31,36)24-17-18-25(31)29(24)28(20-9-3-1-4-10-20)21-11-5-2-6-12-21/h1-18,22-25H,19H2/t22-,23+,24-,25+,30-,31+. The predicted octanol–water partition coefficient (Wildman–Crippen LogP) is 5.25. The first kappa shape index (κ1) is 21.8. The summed E-state index contributed by atoms with van der Waals surface area (Å²) in [5.41, 5.74) is 3.82. The average Bonchev–Trinajstić information content (AvgIpc) is 3.69. The molecule has 0 unspecified atom stereocenters. The molecule has 4 bridgehead atoms. The first-order valence-corrected chi connectivity index (χ1v) is 15.6. The third-order valence-corrected chi connectivity index (χ3v) is 15.3. The van der Waals surface area contributed by atoms with Gasteiger partial charge in [0.25, 0.3) is 0 Å². The summed E-state index contributed by atoms with van der Waals surface area (Å²) in [5.74, 6) is -1.76. The van der Waals surface area contributed by atoms with Crippen LogP contribution in [0.15, 0.2) is 125 Å². The molecule has 1 heterocycles. The smallest absolute Gasteiger partial charge is 0.188 e. The van der Waals surface area contributed by atoms with Crippen molar-refractivity contribution in [3.05, 3.63) is 126 Å². The summed E-state index contributed by atoms with van der Waals surface area (Å²) in [5, 5.41) is 0. The zero-order valence-corrected chi connectivity index (χ0v) is 21.5. The van der Waals surface area contributed by atoms with E-state index < -0.39 is 41.0 Å². The number of benzene rings is 3. The van der Waals surface area contributed by atoms with E-state index in [9.17, 15) is 16.8 Å². The van der Waals surface area contributed by atoms with E-state index in [-0.39, 0.29) is 21.6 Å². The van der Waals surface area contributed by atoms with Crippen molar-refractivity contribution in [3.63, 3.8) is 0 Å². The third kappa shape index (κ3) is 2.13. The molecule has 0 spiro atoms. The van der Waals surface area contributed by atoms with Gasteiger partial charge >= 0.3 is 0 Å². The molecule has 0 radical (unpaired) electrons. The van der Waals surface area contributed by atoms with Crippen molar-refractivity contribution in [3.8, 4) is 0 Å². The second-order valence-corrected chi connectivity index (χ2v) is 15.0. The summed E-state index contributed by atoms with van der Waals surface area (Å²) in [6.45, 7) is 0. The monoisotopic (exact) mass is 524 g/mol. The maximum Gasteiger partial charge on any atom is 0.188 e. The zero-order chi connectivity index (χ0) is 25.2. The number of allylic oxidation sites excluding steroid dienone is 5. The normalized spacial score (nSPS) is 36.3. The SMILES string of the molecule is O=S1(=O)c2ccccc2S(=O)(=O)[C@@]23[C@@H]4C=C[C@@H](C4)[C@]21[C@H]1C=C[C@@H]3C1=C(c1ccccc1)c1ccccc1. The predicted molar refractivity (Wildman–Crippen MR) is 142 cm³/mol. The van der Waals surface area contributed by atoms with Gasteiger partial charge in [-0.2, -0.15) is 0 Å². The minimum Gasteiger partial charge on any atom is -0.223 e. The molecule has 0 aromatic heterocycles. The fraction of sp³-hybridized carbons (Fsp3) is 0.226. The minimum absolute atomic E-state index is 0.0344. The van der Waals surface area contributed by atoms with Gasteiger partial charge in [0.15, 0.2) is 19.7 Å². The number of fused-ring (bicyclic) bond motifs is 5. The van der Waals surface area contributed by atoms with E-state index in [1.54, 1.807) is 12.1 Å². The molecule has 37 heavy (non-hydrogen) atoms. The van der Waals surface area contributed by atoms with Crippen molar-refractivity contribution in [2.45, 2.75) is 25.7 Å². The first-order chi connectivity index (χ1) is 17.9. The van der Waals surface area contributed by atoms with Gasteiger partial charge in [0.2, 0.25) is 0 Å². The Balaban J connectivity index is 1.56. The third-order valence-electron chi connectivity index (χ3n) is 9.62. The lowest BCUT2D eigenvalue weighted by Crippen LogP contribution is -2.69. The Hall–Kier alpha value is -3.22. The molecule has 3 aromatic rings. The highest BCUT2D eigenvalue weighted by molar-refractivity contribution is 8.00. The Morgan fingerprint density at radius 3 is 1.41 bits per heavy atom. The van der Waals surface area contributed by atoms with Crippen molar-refractivity contribution >= 4 is 25.2 Å². The molecular weight excluding hydrogens is 500 g/mol. The lowest BCUT2D eigenvalue weighted by molar-refractivity contribution is 0.320. The van der Waals surface area contributed by atoms with Crippen LogP contribution in [0.3, 0.4) is 0 Å². The zero-order valence-electron chi connectivity index (χ0n) is 19.9. The summed E-state index contributed by atoms with van der Waals surface area (Å²) < 4.78 is 56.5. The van der Waals surface area contributed by atoms with Crippen LogP contribution in [0.4, 0.5) is 0 Å². The molecule has 6 heteroatoms. The largest absolute Gasteiger partial charge is 0.223 e. The topological polar surface area (TPSA) is 68.3 Å². The summed E-state index contributed by atoms with van der Waals surface area (Å²) >= 11 is 0. The molecule has 0 amide bonds. The van der Waals surface area contributed by atoms with E-state index in [2.05, 4.69) is 0 Å². The van der Waals surface area contributed by atoms with Crippen molar-refractivity contribution in [1.29, 1.82) is 0 Å². The van der Waals surface area contributed by atoms with Gasteiger partial charge in [-0.05, 0) is 52.7 Å². The fourth-order valence-corrected chi connectivity index (χ4v) is 15.5. The Morgan fingerprint density at radius 2 is 0.973 bits per heavy atom. The Bertz CT molecular complexity index is 1670. The Kier molecular flexibility index (Phi) is 4.01. The first-order valence-electron chi connectivity index (χ1n) is 12.7. The van der Waals surface area contributed by atoms with Crippen LogP contribution in [0.25, 0.3) is 5.57 Å². The minimum atomic E-state index is -4.01. The second-order valence-electron chi connectivity index (χ2n) is 10.8. The molecular formula is C31H24O4S2. The highest BCUT2D eigenvalue weighted by Crippen LogP contribution is 2.78. The molecule has 5 aliphatic rings. The number of rotatable bonds is 2. The quantitative estimate of drug-likeness (QED) is 0.430. The van der Waals surface area contributed by atoms with E-state index in [0.717, 1.165) is 22.3 Å². The van der Waals surface area contributed by atoms with Gasteiger partial charge in [0.1, 0.15) is 9.49 Å².